The van der Waals surface area contributed by atoms with Crippen LogP contribution in [0.25, 0.3) is 11.3 Å². The quantitative estimate of drug-likeness (QED) is 0.351. The van der Waals surface area contributed by atoms with E-state index in [0.717, 1.165) is 49.2 Å². The van der Waals surface area contributed by atoms with Gasteiger partial charge in [-0.05, 0) is 46.6 Å². The maximum absolute atomic E-state index is 13.7. The van der Waals surface area contributed by atoms with Gasteiger partial charge in [0, 0.05) is 24.2 Å². The van der Waals surface area contributed by atoms with E-state index < -0.39 is 35.5 Å². The van der Waals surface area contributed by atoms with E-state index in [2.05, 4.69) is 30.9 Å². The molecule has 1 heterocycles. The summed E-state index contributed by atoms with van der Waals surface area (Å²) in [6.45, 7) is 5.21. The monoisotopic (exact) mass is 530 g/mol. The van der Waals surface area contributed by atoms with E-state index in [4.69, 9.17) is 4.74 Å². The molecule has 3 amide bonds. The van der Waals surface area contributed by atoms with Gasteiger partial charge in [-0.15, -0.1) is 5.10 Å². The minimum atomic E-state index is -1.04. The molecule has 4 N–H and O–H groups in total. The van der Waals surface area contributed by atoms with Gasteiger partial charge in [-0.2, -0.15) is 0 Å². The lowest BCUT2D eigenvalue weighted by atomic mass is 9.83. The number of nitrogens with one attached hydrogen (secondary N) is 4. The van der Waals surface area contributed by atoms with Gasteiger partial charge < -0.3 is 26.0 Å². The Morgan fingerprint density at radius 2 is 1.70 bits per heavy atom. The first-order valence-electron chi connectivity index (χ1n) is 12.7. The number of likely N-dealkylation sites (N-methyl/N-ethyl adjacent to an activating group) is 1. The second-order valence-corrected chi connectivity index (χ2v) is 10.7. The summed E-state index contributed by atoms with van der Waals surface area (Å²) in [5.74, 6) is -1.13. The molecule has 11 heteroatoms. The van der Waals surface area contributed by atoms with E-state index >= 15 is 0 Å². The highest BCUT2D eigenvalue weighted by Gasteiger charge is 2.40. The highest BCUT2D eigenvalue weighted by atomic mass is 32.1. The standard InChI is InChI=1S/C26H38N6O4S/c1-16(27-4)22(33)28-19(17-12-8-6-9-13-17)23(34)29-21(26(2,3)36-5)24(35)30-25-20(31-32-37-25)18-14-10-7-11-15-18/h7,10-11,14-17,19,21,27H,6,8-9,12-13H2,1-5H3,(H,28,33)(H,29,34)(H,30,35)/t16-,19-,21+/m0/s1. The molecule has 10 nitrogen and oxygen atoms in total. The number of nitrogens with zero attached hydrogens (tertiary/aromatic N) is 2. The summed E-state index contributed by atoms with van der Waals surface area (Å²) in [7, 11) is 3.19. The molecule has 3 rings (SSSR count). The summed E-state index contributed by atoms with van der Waals surface area (Å²) >= 11 is 1.06. The Bertz CT molecular complexity index is 1050. The molecule has 0 spiro atoms. The van der Waals surface area contributed by atoms with Crippen molar-refractivity contribution in [2.45, 2.75) is 76.6 Å². The van der Waals surface area contributed by atoms with Gasteiger partial charge in [0.1, 0.15) is 22.8 Å². The molecule has 1 aliphatic rings. The summed E-state index contributed by atoms with van der Waals surface area (Å²) in [4.78, 5) is 39.9. The van der Waals surface area contributed by atoms with Crippen molar-refractivity contribution in [3.05, 3.63) is 30.3 Å². The number of carbonyl (C=O) groups is 3. The molecular weight excluding hydrogens is 492 g/mol. The predicted molar refractivity (Wildman–Crippen MR) is 144 cm³/mol. The van der Waals surface area contributed by atoms with E-state index in [0.29, 0.717) is 10.7 Å². The molecule has 202 valence electrons. The number of aromatic nitrogens is 2. The fraction of sp³-hybridized carbons (Fsp3) is 0.577. The van der Waals surface area contributed by atoms with Crippen LogP contribution in [0.3, 0.4) is 0 Å². The molecule has 37 heavy (non-hydrogen) atoms. The van der Waals surface area contributed by atoms with Crippen molar-refractivity contribution in [1.82, 2.24) is 25.5 Å². The molecule has 1 aromatic carbocycles. The second-order valence-electron chi connectivity index (χ2n) is 9.95. The van der Waals surface area contributed by atoms with Crippen LogP contribution >= 0.6 is 11.5 Å². The first kappa shape index (κ1) is 28.7. The third kappa shape index (κ3) is 7.33. The van der Waals surface area contributed by atoms with Gasteiger partial charge >= 0.3 is 0 Å². The molecule has 0 bridgehead atoms. The van der Waals surface area contributed by atoms with Gasteiger partial charge in [0.05, 0.1) is 11.6 Å². The Balaban J connectivity index is 1.83. The lowest BCUT2D eigenvalue weighted by Crippen LogP contribution is -2.62. The van der Waals surface area contributed by atoms with Crippen molar-refractivity contribution < 1.29 is 19.1 Å². The van der Waals surface area contributed by atoms with Crippen LogP contribution in [0.5, 0.6) is 0 Å². The summed E-state index contributed by atoms with van der Waals surface area (Å²) in [6.07, 6.45) is 4.79. The number of methoxy groups -OCH3 is 1. The Morgan fingerprint density at radius 1 is 1.03 bits per heavy atom. The smallest absolute Gasteiger partial charge is 0.250 e. The van der Waals surface area contributed by atoms with Gasteiger partial charge in [0.2, 0.25) is 11.8 Å². The van der Waals surface area contributed by atoms with Crippen LogP contribution in [0.2, 0.25) is 0 Å². The van der Waals surface area contributed by atoms with Crippen LogP contribution in [-0.4, -0.2) is 65.2 Å². The van der Waals surface area contributed by atoms with Gasteiger partial charge in [-0.1, -0.05) is 54.1 Å². The van der Waals surface area contributed by atoms with Crippen LogP contribution < -0.4 is 21.3 Å². The van der Waals surface area contributed by atoms with Gasteiger partial charge in [0.15, 0.2) is 0 Å². The molecule has 2 aromatic rings. The van der Waals surface area contributed by atoms with Crippen molar-refractivity contribution in [3.8, 4) is 11.3 Å². The number of rotatable bonds is 11. The number of amides is 3. The maximum atomic E-state index is 13.7. The largest absolute Gasteiger partial charge is 0.376 e. The topological polar surface area (TPSA) is 134 Å². The van der Waals surface area contributed by atoms with E-state index in [1.807, 2.05) is 30.3 Å². The summed E-state index contributed by atoms with van der Waals surface area (Å²) in [5, 5.41) is 16.3. The third-order valence-electron chi connectivity index (χ3n) is 7.07. The number of carbonyl (C=O) groups excluding carboxylic acids is 3. The highest BCUT2D eigenvalue weighted by Crippen LogP contribution is 2.30. The zero-order valence-corrected chi connectivity index (χ0v) is 23.0. The van der Waals surface area contributed by atoms with Crippen LogP contribution in [-0.2, 0) is 19.1 Å². The third-order valence-corrected chi connectivity index (χ3v) is 7.71. The van der Waals surface area contributed by atoms with E-state index in [-0.39, 0.29) is 11.8 Å². The Kier molecular flexibility index (Phi) is 10.1. The summed E-state index contributed by atoms with van der Waals surface area (Å²) in [5.41, 5.74) is 0.328. The first-order chi connectivity index (χ1) is 17.7. The van der Waals surface area contributed by atoms with Crippen LogP contribution in [0.15, 0.2) is 30.3 Å². The molecule has 3 atom stereocenters. The predicted octanol–water partition coefficient (Wildman–Crippen LogP) is 2.73. The van der Waals surface area contributed by atoms with Gasteiger partial charge in [-0.25, -0.2) is 0 Å². The minimum Gasteiger partial charge on any atom is -0.376 e. The van der Waals surface area contributed by atoms with Crippen LogP contribution in [0.1, 0.15) is 52.9 Å². The molecule has 1 fully saturated rings. The molecular formula is C26H38N6O4S. The first-order valence-corrected chi connectivity index (χ1v) is 13.5. The van der Waals surface area contributed by atoms with Crippen LogP contribution in [0.4, 0.5) is 5.00 Å². The van der Waals surface area contributed by atoms with Crippen molar-refractivity contribution in [1.29, 1.82) is 0 Å². The molecule has 0 unspecified atom stereocenters. The number of hydrogen-bond donors (Lipinski definition) is 4. The Labute approximate surface area is 222 Å². The summed E-state index contributed by atoms with van der Waals surface area (Å²) in [6, 6.07) is 7.17. The lowest BCUT2D eigenvalue weighted by molar-refractivity contribution is -0.137. The zero-order chi connectivity index (χ0) is 27.0. The Morgan fingerprint density at radius 3 is 2.32 bits per heavy atom. The number of hydrogen-bond acceptors (Lipinski definition) is 8. The average Bonchev–Trinajstić information content (AvgIpc) is 3.38. The zero-order valence-electron chi connectivity index (χ0n) is 22.2. The maximum Gasteiger partial charge on any atom is 0.250 e. The molecule has 1 aromatic heterocycles. The molecule has 0 radical (unpaired) electrons. The summed E-state index contributed by atoms with van der Waals surface area (Å²) < 4.78 is 9.62. The molecule has 1 aliphatic carbocycles. The molecule has 0 saturated heterocycles. The van der Waals surface area contributed by atoms with Gasteiger partial charge in [0.25, 0.3) is 5.91 Å². The second kappa shape index (κ2) is 13.1. The fourth-order valence-electron chi connectivity index (χ4n) is 4.42. The van der Waals surface area contributed by atoms with E-state index in [9.17, 15) is 14.4 Å². The van der Waals surface area contributed by atoms with Crippen LogP contribution in [0, 0.1) is 5.92 Å². The van der Waals surface area contributed by atoms with Crippen molar-refractivity contribution in [2.75, 3.05) is 19.5 Å². The molecule has 0 aliphatic heterocycles. The van der Waals surface area contributed by atoms with Crippen molar-refractivity contribution in [2.24, 2.45) is 5.92 Å². The molecule has 1 saturated carbocycles. The van der Waals surface area contributed by atoms with Crippen molar-refractivity contribution >= 4 is 34.3 Å². The van der Waals surface area contributed by atoms with Crippen molar-refractivity contribution in [3.63, 3.8) is 0 Å². The average molecular weight is 531 g/mol. The van der Waals surface area contributed by atoms with Gasteiger partial charge in [-0.3, -0.25) is 14.4 Å². The van der Waals surface area contributed by atoms with E-state index in [1.54, 1.807) is 27.8 Å². The normalized spacial score (nSPS) is 16.9. The lowest BCUT2D eigenvalue weighted by Gasteiger charge is -2.36. The minimum absolute atomic E-state index is 0.00787. The highest BCUT2D eigenvalue weighted by molar-refractivity contribution is 7.10. The van der Waals surface area contributed by atoms with E-state index in [1.165, 1.54) is 7.11 Å². The number of benzene rings is 1. The SMILES string of the molecule is CN[C@@H](C)C(=O)N[C@H](C(=O)N[C@H](C(=O)Nc1snnc1-c1ccccc1)C(C)(C)OC)C1CCCCC1. The Hall–Kier alpha value is -2.89. The number of ether oxygens (including phenoxy) is 1. The number of anilines is 1. The fourth-order valence-corrected chi connectivity index (χ4v) is 5.02.